The Kier molecular flexibility index (Phi) is 5.97. The van der Waals surface area contributed by atoms with Crippen molar-refractivity contribution in [1.82, 2.24) is 5.32 Å². The van der Waals surface area contributed by atoms with E-state index in [1.165, 1.54) is 11.1 Å². The summed E-state index contributed by atoms with van der Waals surface area (Å²) in [5.41, 5.74) is 2.29. The van der Waals surface area contributed by atoms with Gasteiger partial charge in [0.05, 0.1) is 0 Å². The maximum absolute atomic E-state index is 12.2. The van der Waals surface area contributed by atoms with Crippen molar-refractivity contribution in [3.63, 3.8) is 0 Å². The molecule has 0 aliphatic heterocycles. The highest BCUT2D eigenvalue weighted by molar-refractivity contribution is 5.81. The molecule has 0 atom stereocenters. The molecule has 0 spiro atoms. The molecule has 122 valence electrons. The molecule has 2 heteroatoms. The standard InChI is InChI=1S/C21H27NO/c1-4-21(2,3)20(23)22-16-15-19(17-11-7-5-8-12-17)18-13-9-6-10-14-18/h5-14,19H,4,15-16H2,1-3H3,(H,22,23). The lowest BCUT2D eigenvalue weighted by atomic mass is 9.87. The van der Waals surface area contributed by atoms with Crippen LogP contribution in [-0.2, 0) is 4.79 Å². The van der Waals surface area contributed by atoms with Crippen molar-refractivity contribution in [2.24, 2.45) is 5.41 Å². The van der Waals surface area contributed by atoms with E-state index in [1.54, 1.807) is 0 Å². The van der Waals surface area contributed by atoms with Crippen molar-refractivity contribution in [1.29, 1.82) is 0 Å². The monoisotopic (exact) mass is 309 g/mol. The van der Waals surface area contributed by atoms with Gasteiger partial charge in [0.25, 0.3) is 0 Å². The number of nitrogens with one attached hydrogen (secondary N) is 1. The van der Waals surface area contributed by atoms with Crippen molar-refractivity contribution in [2.75, 3.05) is 6.54 Å². The number of carbonyl (C=O) groups excluding carboxylic acids is 1. The molecule has 2 aromatic rings. The van der Waals surface area contributed by atoms with E-state index in [2.05, 4.69) is 60.8 Å². The van der Waals surface area contributed by atoms with Gasteiger partial charge in [-0.05, 0) is 24.0 Å². The lowest BCUT2D eigenvalue weighted by Gasteiger charge is -2.23. The van der Waals surface area contributed by atoms with Gasteiger partial charge in [-0.1, -0.05) is 81.4 Å². The van der Waals surface area contributed by atoms with Crippen LogP contribution in [-0.4, -0.2) is 12.5 Å². The Morgan fingerprint density at radius 3 is 1.87 bits per heavy atom. The highest BCUT2D eigenvalue weighted by atomic mass is 16.2. The number of rotatable bonds is 7. The predicted octanol–water partition coefficient (Wildman–Crippen LogP) is 4.76. The van der Waals surface area contributed by atoms with Crippen LogP contribution in [0, 0.1) is 5.41 Å². The fraction of sp³-hybridized carbons (Fsp3) is 0.381. The van der Waals surface area contributed by atoms with Gasteiger partial charge in [-0.2, -0.15) is 0 Å². The molecule has 0 saturated heterocycles. The summed E-state index contributed by atoms with van der Waals surface area (Å²) in [5, 5.41) is 3.10. The Bertz CT molecular complexity index is 565. The lowest BCUT2D eigenvalue weighted by molar-refractivity contribution is -0.129. The molecule has 0 unspecified atom stereocenters. The Balaban J connectivity index is 2.07. The molecule has 1 amide bonds. The third-order valence-electron chi connectivity index (χ3n) is 4.62. The summed E-state index contributed by atoms with van der Waals surface area (Å²) >= 11 is 0. The zero-order valence-electron chi connectivity index (χ0n) is 14.4. The molecule has 2 rings (SSSR count). The molecule has 0 saturated carbocycles. The predicted molar refractivity (Wildman–Crippen MR) is 96.4 cm³/mol. The second-order valence-electron chi connectivity index (χ2n) is 6.66. The van der Waals surface area contributed by atoms with E-state index < -0.39 is 0 Å². The average Bonchev–Trinajstić information content (AvgIpc) is 2.60. The summed E-state index contributed by atoms with van der Waals surface area (Å²) in [4.78, 5) is 12.2. The normalized spacial score (nSPS) is 11.5. The minimum atomic E-state index is -0.297. The highest BCUT2D eigenvalue weighted by Gasteiger charge is 2.25. The molecule has 0 aliphatic rings. The van der Waals surface area contributed by atoms with Crippen LogP contribution in [0.1, 0.15) is 50.7 Å². The maximum Gasteiger partial charge on any atom is 0.225 e. The molecule has 23 heavy (non-hydrogen) atoms. The van der Waals surface area contributed by atoms with Crippen LogP contribution in [0.2, 0.25) is 0 Å². The van der Waals surface area contributed by atoms with Crippen LogP contribution in [0.3, 0.4) is 0 Å². The quantitative estimate of drug-likeness (QED) is 0.785. The molecule has 0 heterocycles. The van der Waals surface area contributed by atoms with Crippen molar-refractivity contribution < 1.29 is 4.79 Å². The van der Waals surface area contributed by atoms with Gasteiger partial charge in [-0.3, -0.25) is 4.79 Å². The topological polar surface area (TPSA) is 29.1 Å². The molecule has 0 radical (unpaired) electrons. The van der Waals surface area contributed by atoms with Gasteiger partial charge in [0.1, 0.15) is 0 Å². The average molecular weight is 309 g/mol. The first-order valence-electron chi connectivity index (χ1n) is 8.43. The Labute approximate surface area is 139 Å². The van der Waals surface area contributed by atoms with Crippen molar-refractivity contribution in [3.05, 3.63) is 71.8 Å². The summed E-state index contributed by atoms with van der Waals surface area (Å²) in [6, 6.07) is 21.0. The molecule has 0 bridgehead atoms. The van der Waals surface area contributed by atoms with E-state index in [0.29, 0.717) is 12.5 Å². The number of hydrogen-bond acceptors (Lipinski definition) is 1. The van der Waals surface area contributed by atoms with Crippen LogP contribution in [0.5, 0.6) is 0 Å². The molecule has 2 nitrogen and oxygen atoms in total. The minimum Gasteiger partial charge on any atom is -0.356 e. The first-order chi connectivity index (χ1) is 11.0. The number of carbonyl (C=O) groups is 1. The summed E-state index contributed by atoms with van der Waals surface area (Å²) in [6.07, 6.45) is 1.75. The Hall–Kier alpha value is -2.09. The number of benzene rings is 2. The van der Waals surface area contributed by atoms with Crippen LogP contribution < -0.4 is 5.32 Å². The Morgan fingerprint density at radius 2 is 1.43 bits per heavy atom. The molecular formula is C21H27NO. The minimum absolute atomic E-state index is 0.139. The SMILES string of the molecule is CCC(C)(C)C(=O)NCCC(c1ccccc1)c1ccccc1. The third kappa shape index (κ3) is 4.69. The fourth-order valence-electron chi connectivity index (χ4n) is 2.63. The van der Waals surface area contributed by atoms with E-state index in [0.717, 1.165) is 12.8 Å². The van der Waals surface area contributed by atoms with Gasteiger partial charge < -0.3 is 5.32 Å². The van der Waals surface area contributed by atoms with Gasteiger partial charge in [-0.15, -0.1) is 0 Å². The summed E-state index contributed by atoms with van der Waals surface area (Å²) < 4.78 is 0. The van der Waals surface area contributed by atoms with Crippen LogP contribution in [0.4, 0.5) is 0 Å². The van der Waals surface area contributed by atoms with Crippen LogP contribution in [0.25, 0.3) is 0 Å². The van der Waals surface area contributed by atoms with E-state index in [4.69, 9.17) is 0 Å². The van der Waals surface area contributed by atoms with E-state index in [9.17, 15) is 4.79 Å². The van der Waals surface area contributed by atoms with Crippen LogP contribution >= 0.6 is 0 Å². The molecular weight excluding hydrogens is 282 g/mol. The smallest absolute Gasteiger partial charge is 0.225 e. The zero-order chi connectivity index (χ0) is 16.7. The van der Waals surface area contributed by atoms with Gasteiger partial charge in [0.2, 0.25) is 5.91 Å². The van der Waals surface area contributed by atoms with Gasteiger partial charge in [-0.25, -0.2) is 0 Å². The largest absolute Gasteiger partial charge is 0.356 e. The summed E-state index contributed by atoms with van der Waals surface area (Å²) in [7, 11) is 0. The first-order valence-corrected chi connectivity index (χ1v) is 8.43. The van der Waals surface area contributed by atoms with E-state index >= 15 is 0 Å². The van der Waals surface area contributed by atoms with Crippen molar-refractivity contribution >= 4 is 5.91 Å². The lowest BCUT2D eigenvalue weighted by Crippen LogP contribution is -2.37. The molecule has 1 N–H and O–H groups in total. The zero-order valence-corrected chi connectivity index (χ0v) is 14.4. The van der Waals surface area contributed by atoms with E-state index in [1.807, 2.05) is 26.0 Å². The second kappa shape index (κ2) is 7.96. The highest BCUT2D eigenvalue weighted by Crippen LogP contribution is 2.27. The summed E-state index contributed by atoms with van der Waals surface area (Å²) in [6.45, 7) is 6.73. The van der Waals surface area contributed by atoms with E-state index in [-0.39, 0.29) is 11.3 Å². The summed E-state index contributed by atoms with van der Waals surface area (Å²) in [5.74, 6) is 0.447. The second-order valence-corrected chi connectivity index (χ2v) is 6.66. The van der Waals surface area contributed by atoms with Gasteiger partial charge >= 0.3 is 0 Å². The number of amides is 1. The molecule has 0 aliphatic carbocycles. The number of hydrogen-bond donors (Lipinski definition) is 1. The first kappa shape index (κ1) is 17.3. The molecule has 0 fully saturated rings. The third-order valence-corrected chi connectivity index (χ3v) is 4.62. The molecule has 0 aromatic heterocycles. The fourth-order valence-corrected chi connectivity index (χ4v) is 2.63. The van der Waals surface area contributed by atoms with Crippen molar-refractivity contribution in [2.45, 2.75) is 39.5 Å². The Morgan fingerprint density at radius 1 is 0.957 bits per heavy atom. The van der Waals surface area contributed by atoms with Gasteiger partial charge in [0, 0.05) is 17.9 Å². The van der Waals surface area contributed by atoms with Crippen molar-refractivity contribution in [3.8, 4) is 0 Å². The van der Waals surface area contributed by atoms with Crippen LogP contribution in [0.15, 0.2) is 60.7 Å². The maximum atomic E-state index is 12.2. The van der Waals surface area contributed by atoms with Gasteiger partial charge in [0.15, 0.2) is 0 Å². The molecule has 2 aromatic carbocycles.